The van der Waals surface area contributed by atoms with Crippen molar-refractivity contribution in [2.45, 2.75) is 44.2 Å². The highest BCUT2D eigenvalue weighted by Gasteiger charge is 2.20. The van der Waals surface area contributed by atoms with Crippen LogP contribution in [-0.4, -0.2) is 35.0 Å². The average Bonchev–Trinajstić information content (AvgIpc) is 2.36. The summed E-state index contributed by atoms with van der Waals surface area (Å²) in [5.41, 5.74) is 6.44. The van der Waals surface area contributed by atoms with E-state index < -0.39 is 6.10 Å². The molecule has 1 aliphatic heterocycles. The van der Waals surface area contributed by atoms with Crippen molar-refractivity contribution in [2.75, 3.05) is 7.05 Å². The maximum atomic E-state index is 9.88. The molecular formula is C13H21N3O. The van der Waals surface area contributed by atoms with Crippen molar-refractivity contribution in [2.24, 2.45) is 10.7 Å². The first-order valence-electron chi connectivity index (χ1n) is 6.30. The lowest BCUT2D eigenvalue weighted by Gasteiger charge is -2.31. The summed E-state index contributed by atoms with van der Waals surface area (Å²) in [6.45, 7) is 0. The van der Waals surface area contributed by atoms with E-state index in [1.807, 2.05) is 12.3 Å². The van der Waals surface area contributed by atoms with Crippen molar-refractivity contribution in [1.29, 1.82) is 0 Å². The maximum Gasteiger partial charge on any atom is 0.137 e. The predicted octanol–water partition coefficient (Wildman–Crippen LogP) is 1.38. The molecule has 2 aliphatic rings. The minimum atomic E-state index is -0.758. The van der Waals surface area contributed by atoms with Crippen molar-refractivity contribution >= 4 is 5.84 Å². The molecule has 1 saturated carbocycles. The lowest BCUT2D eigenvalue weighted by atomic mass is 9.94. The molecule has 94 valence electrons. The van der Waals surface area contributed by atoms with Crippen molar-refractivity contribution in [3.8, 4) is 0 Å². The molecule has 1 aliphatic carbocycles. The van der Waals surface area contributed by atoms with Gasteiger partial charge in [-0.1, -0.05) is 19.3 Å². The average molecular weight is 235 g/mol. The molecule has 2 rings (SSSR count). The second kappa shape index (κ2) is 5.36. The number of nitrogens with two attached hydrogens (primary N) is 1. The molecule has 4 nitrogen and oxygen atoms in total. The lowest BCUT2D eigenvalue weighted by molar-refractivity contribution is 0.242. The number of nitrogens with zero attached hydrogens (tertiary/aromatic N) is 2. The van der Waals surface area contributed by atoms with Gasteiger partial charge in [0.25, 0.3) is 0 Å². The molecule has 0 spiro atoms. The van der Waals surface area contributed by atoms with Crippen molar-refractivity contribution < 1.29 is 5.11 Å². The number of rotatable bonds is 2. The molecule has 17 heavy (non-hydrogen) atoms. The molecule has 0 bridgehead atoms. The summed E-state index contributed by atoms with van der Waals surface area (Å²) in [5.74, 6) is 0.274. The van der Waals surface area contributed by atoms with Crippen molar-refractivity contribution in [1.82, 2.24) is 4.90 Å². The molecule has 0 aromatic rings. The van der Waals surface area contributed by atoms with E-state index in [0.717, 1.165) is 5.57 Å². The molecule has 0 radical (unpaired) electrons. The summed E-state index contributed by atoms with van der Waals surface area (Å²) >= 11 is 0. The fraction of sp³-hybridized carbons (Fsp3) is 0.615. The van der Waals surface area contributed by atoms with E-state index in [-0.39, 0.29) is 5.84 Å². The van der Waals surface area contributed by atoms with E-state index in [1.165, 1.54) is 32.1 Å². The van der Waals surface area contributed by atoms with Gasteiger partial charge in [-0.05, 0) is 18.9 Å². The van der Waals surface area contributed by atoms with Crippen LogP contribution in [-0.2, 0) is 0 Å². The SMILES string of the molecule is CN(C=C1C=CN=C(N)C1O)C1CCCCC1. The van der Waals surface area contributed by atoms with Gasteiger partial charge in [0.05, 0.1) is 0 Å². The Bertz CT molecular complexity index is 354. The second-order valence-corrected chi connectivity index (χ2v) is 4.86. The van der Waals surface area contributed by atoms with Crippen LogP contribution in [0.1, 0.15) is 32.1 Å². The molecule has 4 heteroatoms. The topological polar surface area (TPSA) is 61.8 Å². The van der Waals surface area contributed by atoms with Crippen LogP contribution in [0.25, 0.3) is 0 Å². The highest BCUT2D eigenvalue weighted by atomic mass is 16.3. The molecule has 0 saturated heterocycles. The number of amidine groups is 1. The fourth-order valence-electron chi connectivity index (χ4n) is 2.48. The van der Waals surface area contributed by atoms with E-state index >= 15 is 0 Å². The van der Waals surface area contributed by atoms with E-state index in [2.05, 4.69) is 16.9 Å². The van der Waals surface area contributed by atoms with Crippen LogP contribution in [0, 0.1) is 0 Å². The first-order chi connectivity index (χ1) is 8.18. The molecule has 1 atom stereocenters. The fourth-order valence-corrected chi connectivity index (χ4v) is 2.48. The van der Waals surface area contributed by atoms with Crippen molar-refractivity contribution in [3.05, 3.63) is 24.0 Å². The van der Waals surface area contributed by atoms with Gasteiger partial charge in [-0.2, -0.15) is 0 Å². The Labute approximate surface area is 103 Å². The van der Waals surface area contributed by atoms with Crippen LogP contribution in [0.3, 0.4) is 0 Å². The van der Waals surface area contributed by atoms with Gasteiger partial charge in [0, 0.05) is 31.1 Å². The second-order valence-electron chi connectivity index (χ2n) is 4.86. The first kappa shape index (κ1) is 12.2. The van der Waals surface area contributed by atoms with Gasteiger partial charge >= 0.3 is 0 Å². The quantitative estimate of drug-likeness (QED) is 0.760. The molecule has 0 aromatic carbocycles. The number of hydrogen-bond donors (Lipinski definition) is 2. The highest BCUT2D eigenvalue weighted by molar-refractivity contribution is 5.89. The largest absolute Gasteiger partial charge is 0.385 e. The van der Waals surface area contributed by atoms with Crippen LogP contribution in [0.2, 0.25) is 0 Å². The third-order valence-electron chi connectivity index (χ3n) is 3.59. The van der Waals surface area contributed by atoms with E-state index in [1.54, 1.807) is 6.20 Å². The molecule has 1 fully saturated rings. The Morgan fingerprint density at radius 3 is 2.82 bits per heavy atom. The smallest absolute Gasteiger partial charge is 0.137 e. The normalized spacial score (nSPS) is 28.2. The van der Waals surface area contributed by atoms with Gasteiger partial charge in [0.1, 0.15) is 11.9 Å². The van der Waals surface area contributed by atoms with Gasteiger partial charge in [-0.3, -0.25) is 0 Å². The Hall–Kier alpha value is -1.29. The zero-order valence-electron chi connectivity index (χ0n) is 10.3. The Morgan fingerprint density at radius 1 is 1.41 bits per heavy atom. The number of hydrogen-bond acceptors (Lipinski definition) is 4. The van der Waals surface area contributed by atoms with Gasteiger partial charge < -0.3 is 15.7 Å². The van der Waals surface area contributed by atoms with Crippen LogP contribution in [0.4, 0.5) is 0 Å². The summed E-state index contributed by atoms with van der Waals surface area (Å²) in [6, 6.07) is 0.594. The zero-order chi connectivity index (χ0) is 12.3. The predicted molar refractivity (Wildman–Crippen MR) is 69.5 cm³/mol. The summed E-state index contributed by atoms with van der Waals surface area (Å²) in [7, 11) is 2.07. The molecule has 1 unspecified atom stereocenters. The van der Waals surface area contributed by atoms with Crippen LogP contribution >= 0.6 is 0 Å². The molecular weight excluding hydrogens is 214 g/mol. The molecule has 0 amide bonds. The lowest BCUT2D eigenvalue weighted by Crippen LogP contribution is -2.34. The molecule has 0 aromatic heterocycles. The highest BCUT2D eigenvalue weighted by Crippen LogP contribution is 2.23. The first-order valence-corrected chi connectivity index (χ1v) is 6.30. The molecule has 1 heterocycles. The van der Waals surface area contributed by atoms with Crippen LogP contribution in [0.5, 0.6) is 0 Å². The third-order valence-corrected chi connectivity index (χ3v) is 3.59. The minimum Gasteiger partial charge on any atom is -0.385 e. The Morgan fingerprint density at radius 2 is 2.12 bits per heavy atom. The monoisotopic (exact) mass is 235 g/mol. The zero-order valence-corrected chi connectivity index (χ0v) is 10.3. The molecule has 3 N–H and O–H groups in total. The Balaban J connectivity index is 2.03. The van der Waals surface area contributed by atoms with Crippen LogP contribution in [0.15, 0.2) is 29.0 Å². The summed E-state index contributed by atoms with van der Waals surface area (Å²) in [5, 5.41) is 9.88. The van der Waals surface area contributed by atoms with Gasteiger partial charge in [-0.25, -0.2) is 4.99 Å². The van der Waals surface area contributed by atoms with E-state index in [0.29, 0.717) is 6.04 Å². The van der Waals surface area contributed by atoms with Gasteiger partial charge in [0.15, 0.2) is 0 Å². The number of aliphatic imine (C=N–C) groups is 1. The summed E-state index contributed by atoms with van der Waals surface area (Å²) < 4.78 is 0. The van der Waals surface area contributed by atoms with Gasteiger partial charge in [-0.15, -0.1) is 0 Å². The summed E-state index contributed by atoms with van der Waals surface area (Å²) in [6.07, 6.45) is 11.1. The maximum absolute atomic E-state index is 9.88. The Kier molecular flexibility index (Phi) is 3.84. The number of aliphatic hydroxyl groups is 1. The van der Waals surface area contributed by atoms with E-state index in [4.69, 9.17) is 5.73 Å². The third kappa shape index (κ3) is 2.88. The number of aliphatic hydroxyl groups excluding tert-OH is 1. The summed E-state index contributed by atoms with van der Waals surface area (Å²) in [4.78, 5) is 6.09. The van der Waals surface area contributed by atoms with Gasteiger partial charge in [0.2, 0.25) is 0 Å². The van der Waals surface area contributed by atoms with E-state index in [9.17, 15) is 5.11 Å². The minimum absolute atomic E-state index is 0.274. The van der Waals surface area contributed by atoms with Crippen molar-refractivity contribution in [3.63, 3.8) is 0 Å². The van der Waals surface area contributed by atoms with Crippen LogP contribution < -0.4 is 5.73 Å². The standard InChI is InChI=1S/C13H21N3O/c1-16(11-5-3-2-4-6-11)9-10-7-8-15-13(14)12(10)17/h7-9,11-12,17H,2-6H2,1H3,(H2,14,15).